The van der Waals surface area contributed by atoms with Crippen LogP contribution in [0.5, 0.6) is 0 Å². The van der Waals surface area contributed by atoms with Crippen molar-refractivity contribution in [3.8, 4) is 0 Å². The third-order valence-corrected chi connectivity index (χ3v) is 5.09. The molecule has 0 unspecified atom stereocenters. The highest BCUT2D eigenvalue weighted by atomic mass is 32.3. The minimum Gasteiger partial charge on any atom is -0.354 e. The molecule has 0 aliphatic carbocycles. The molecule has 130 valence electrons. The van der Waals surface area contributed by atoms with Gasteiger partial charge in [-0.1, -0.05) is 24.3 Å². The van der Waals surface area contributed by atoms with E-state index in [4.69, 9.17) is 0 Å². The number of nitrogens with one attached hydrogen (secondary N) is 2. The van der Waals surface area contributed by atoms with Crippen molar-refractivity contribution in [1.82, 2.24) is 10.6 Å². The van der Waals surface area contributed by atoms with Crippen LogP contribution in [0.3, 0.4) is 0 Å². The summed E-state index contributed by atoms with van der Waals surface area (Å²) in [4.78, 5) is 23.2. The lowest BCUT2D eigenvalue weighted by Gasteiger charge is -2.24. The first-order valence-corrected chi connectivity index (χ1v) is 10.2. The van der Waals surface area contributed by atoms with Crippen molar-refractivity contribution in [1.29, 1.82) is 0 Å². The SMILES string of the molecule is CC(=O)NCC(=O)NCCc1ccc2cc(S(C)(C)O)ccc2c1. The van der Waals surface area contributed by atoms with Crippen LogP contribution in [0.25, 0.3) is 10.8 Å². The first-order chi connectivity index (χ1) is 11.3. The van der Waals surface area contributed by atoms with E-state index >= 15 is 0 Å². The Morgan fingerprint density at radius 3 is 2.38 bits per heavy atom. The van der Waals surface area contributed by atoms with Crippen LogP contribution in [-0.2, 0) is 16.0 Å². The normalized spacial score (nSPS) is 12.0. The van der Waals surface area contributed by atoms with E-state index in [-0.39, 0.29) is 18.4 Å². The zero-order valence-electron chi connectivity index (χ0n) is 14.3. The van der Waals surface area contributed by atoms with Crippen molar-refractivity contribution in [2.75, 3.05) is 25.6 Å². The Bertz CT molecular complexity index is 754. The predicted molar refractivity (Wildman–Crippen MR) is 99.7 cm³/mol. The van der Waals surface area contributed by atoms with E-state index in [2.05, 4.69) is 16.7 Å². The fourth-order valence-corrected chi connectivity index (χ4v) is 3.17. The zero-order chi connectivity index (χ0) is 17.7. The van der Waals surface area contributed by atoms with Crippen LogP contribution in [0.1, 0.15) is 12.5 Å². The van der Waals surface area contributed by atoms with E-state index in [9.17, 15) is 14.1 Å². The Hall–Kier alpha value is -2.05. The first-order valence-electron chi connectivity index (χ1n) is 7.75. The van der Waals surface area contributed by atoms with Gasteiger partial charge in [-0.3, -0.25) is 9.59 Å². The molecule has 6 heteroatoms. The Morgan fingerprint density at radius 2 is 1.71 bits per heavy atom. The molecule has 0 spiro atoms. The van der Waals surface area contributed by atoms with Crippen LogP contribution in [-0.4, -0.2) is 42.0 Å². The van der Waals surface area contributed by atoms with Gasteiger partial charge in [0.25, 0.3) is 0 Å². The molecule has 2 aromatic rings. The van der Waals surface area contributed by atoms with Crippen LogP contribution in [0.2, 0.25) is 0 Å². The molecule has 0 radical (unpaired) electrons. The Labute approximate surface area is 144 Å². The molecule has 0 aromatic heterocycles. The molecule has 5 nitrogen and oxygen atoms in total. The summed E-state index contributed by atoms with van der Waals surface area (Å²) in [5.74, 6) is -0.407. The lowest BCUT2D eigenvalue weighted by Crippen LogP contribution is -2.36. The second-order valence-electron chi connectivity index (χ2n) is 6.13. The minimum atomic E-state index is -1.72. The monoisotopic (exact) mass is 348 g/mol. The Balaban J connectivity index is 1.96. The summed E-state index contributed by atoms with van der Waals surface area (Å²) in [6, 6.07) is 12.2. The third-order valence-electron chi connectivity index (χ3n) is 3.69. The Morgan fingerprint density at radius 1 is 1.04 bits per heavy atom. The van der Waals surface area contributed by atoms with Gasteiger partial charge in [0.05, 0.1) is 6.54 Å². The van der Waals surface area contributed by atoms with Crippen LogP contribution in [0.4, 0.5) is 0 Å². The molecule has 2 aromatic carbocycles. The van der Waals surface area contributed by atoms with Gasteiger partial charge in [-0.2, -0.15) is 0 Å². The number of hydrogen-bond donors (Lipinski definition) is 3. The van der Waals surface area contributed by atoms with Crippen LogP contribution < -0.4 is 10.6 Å². The van der Waals surface area contributed by atoms with Gasteiger partial charge in [-0.15, -0.1) is 10.3 Å². The molecule has 0 heterocycles. The number of fused-ring (bicyclic) bond motifs is 1. The topological polar surface area (TPSA) is 78.4 Å². The molecule has 0 atom stereocenters. The lowest BCUT2D eigenvalue weighted by atomic mass is 10.1. The molecular weight excluding hydrogens is 324 g/mol. The van der Waals surface area contributed by atoms with E-state index in [0.717, 1.165) is 27.7 Å². The van der Waals surface area contributed by atoms with Crippen molar-refractivity contribution in [2.45, 2.75) is 18.2 Å². The van der Waals surface area contributed by atoms with E-state index in [0.29, 0.717) is 6.54 Å². The number of carbonyl (C=O) groups excluding carboxylic acids is 2. The summed E-state index contributed by atoms with van der Waals surface area (Å²) >= 11 is 0. The quantitative estimate of drug-likeness (QED) is 0.751. The van der Waals surface area contributed by atoms with Gasteiger partial charge in [-0.05, 0) is 47.4 Å². The van der Waals surface area contributed by atoms with Gasteiger partial charge in [0, 0.05) is 18.4 Å². The average molecular weight is 348 g/mol. The molecule has 2 rings (SSSR count). The van der Waals surface area contributed by atoms with E-state index in [1.165, 1.54) is 6.92 Å². The number of carbonyl (C=O) groups is 2. The van der Waals surface area contributed by atoms with Gasteiger partial charge < -0.3 is 15.2 Å². The van der Waals surface area contributed by atoms with Gasteiger partial charge in [0.15, 0.2) is 0 Å². The zero-order valence-corrected chi connectivity index (χ0v) is 15.1. The summed E-state index contributed by atoms with van der Waals surface area (Å²) in [6.07, 6.45) is 4.43. The van der Waals surface area contributed by atoms with Crippen molar-refractivity contribution in [2.24, 2.45) is 0 Å². The molecule has 0 bridgehead atoms. The first kappa shape index (κ1) is 18.3. The minimum absolute atomic E-state index is 0.00904. The summed E-state index contributed by atoms with van der Waals surface area (Å²) in [7, 11) is -1.72. The van der Waals surface area contributed by atoms with Gasteiger partial charge in [0.1, 0.15) is 0 Å². The summed E-state index contributed by atoms with van der Waals surface area (Å²) in [5.41, 5.74) is 1.13. The predicted octanol–water partition coefficient (Wildman–Crippen LogP) is 2.53. The molecule has 0 fully saturated rings. The molecule has 0 saturated carbocycles. The van der Waals surface area contributed by atoms with E-state index in [1.54, 1.807) is 0 Å². The van der Waals surface area contributed by atoms with E-state index < -0.39 is 10.3 Å². The second-order valence-corrected chi connectivity index (χ2v) is 9.14. The number of amides is 2. The van der Waals surface area contributed by atoms with Crippen LogP contribution in [0, 0.1) is 0 Å². The highest BCUT2D eigenvalue weighted by molar-refractivity contribution is 8.28. The lowest BCUT2D eigenvalue weighted by molar-refractivity contribution is -0.125. The fraction of sp³-hybridized carbons (Fsp3) is 0.333. The maximum absolute atomic E-state index is 11.5. The summed E-state index contributed by atoms with van der Waals surface area (Å²) < 4.78 is 10.2. The molecule has 24 heavy (non-hydrogen) atoms. The van der Waals surface area contributed by atoms with Crippen molar-refractivity contribution < 1.29 is 14.1 Å². The van der Waals surface area contributed by atoms with Crippen molar-refractivity contribution in [3.05, 3.63) is 42.0 Å². The van der Waals surface area contributed by atoms with E-state index in [1.807, 2.05) is 42.8 Å². The molecule has 2 amide bonds. The molecule has 3 N–H and O–H groups in total. The fourth-order valence-electron chi connectivity index (χ4n) is 2.35. The largest absolute Gasteiger partial charge is 0.354 e. The van der Waals surface area contributed by atoms with Crippen LogP contribution >= 0.6 is 10.3 Å². The van der Waals surface area contributed by atoms with Gasteiger partial charge in [-0.25, -0.2) is 0 Å². The molecular formula is C18H24N2O3S. The molecule has 0 saturated heterocycles. The Kier molecular flexibility index (Phi) is 5.85. The van der Waals surface area contributed by atoms with Crippen molar-refractivity contribution in [3.63, 3.8) is 0 Å². The summed E-state index contributed by atoms with van der Waals surface area (Å²) in [5, 5.41) is 7.46. The second kappa shape index (κ2) is 7.68. The molecule has 0 aliphatic rings. The number of hydrogen-bond acceptors (Lipinski definition) is 3. The average Bonchev–Trinajstić information content (AvgIpc) is 2.51. The summed E-state index contributed by atoms with van der Waals surface area (Å²) in [6.45, 7) is 1.91. The van der Waals surface area contributed by atoms with Crippen molar-refractivity contribution >= 4 is 32.9 Å². The number of benzene rings is 2. The third kappa shape index (κ3) is 5.25. The number of rotatable bonds is 6. The van der Waals surface area contributed by atoms with Gasteiger partial charge in [0.2, 0.25) is 11.8 Å². The highest BCUT2D eigenvalue weighted by Crippen LogP contribution is 2.45. The standard InChI is InChI=1S/C18H24N2O3S/c1-13(21)20-12-18(22)19-9-8-14-4-5-16-11-17(24(2,3)23)7-6-15(16)10-14/h4-7,10-11,23H,8-9,12H2,1-3H3,(H,19,22)(H,20,21). The molecule has 0 aliphatic heterocycles. The highest BCUT2D eigenvalue weighted by Gasteiger charge is 2.10. The maximum atomic E-state index is 11.5. The van der Waals surface area contributed by atoms with Gasteiger partial charge >= 0.3 is 0 Å². The smallest absolute Gasteiger partial charge is 0.239 e. The maximum Gasteiger partial charge on any atom is 0.239 e. The van der Waals surface area contributed by atoms with Crippen LogP contribution in [0.15, 0.2) is 41.3 Å².